The second kappa shape index (κ2) is 4.64. The van der Waals surface area contributed by atoms with Crippen molar-refractivity contribution in [1.82, 2.24) is 4.90 Å². The smallest absolute Gasteiger partial charge is 0.115 e. The summed E-state index contributed by atoms with van der Waals surface area (Å²) < 4.78 is 0. The highest BCUT2D eigenvalue weighted by Gasteiger charge is 2.52. The van der Waals surface area contributed by atoms with E-state index in [1.54, 1.807) is 0 Å². The Balaban J connectivity index is 0.00000121. The summed E-state index contributed by atoms with van der Waals surface area (Å²) in [7, 11) is 2.31. The van der Waals surface area contributed by atoms with Gasteiger partial charge in [0.1, 0.15) is 5.75 Å². The Morgan fingerprint density at radius 1 is 1.35 bits per heavy atom. The van der Waals surface area contributed by atoms with Crippen molar-refractivity contribution < 1.29 is 5.11 Å². The van der Waals surface area contributed by atoms with Gasteiger partial charge in [0.2, 0.25) is 0 Å². The largest absolute Gasteiger partial charge is 0.508 e. The Hall–Kier alpha value is -0.730. The molecule has 1 aliphatic heterocycles. The minimum Gasteiger partial charge on any atom is -0.508 e. The summed E-state index contributed by atoms with van der Waals surface area (Å²) in [6.07, 6.45) is 5.20. The molecule has 110 valence electrons. The van der Waals surface area contributed by atoms with Crippen molar-refractivity contribution in [3.8, 4) is 5.75 Å². The van der Waals surface area contributed by atoms with Crippen LogP contribution in [0, 0.1) is 11.8 Å². The number of hydrogen-bond acceptors (Lipinski definition) is 2. The SMILES string of the molecule is CN1CC2CCC3(C)c4cc(O)ccc4CC1C3C2.Cl. The molecule has 0 spiro atoms. The van der Waals surface area contributed by atoms with E-state index in [1.807, 2.05) is 12.1 Å². The Bertz CT molecular complexity index is 532. The number of hydrogen-bond donors (Lipinski definition) is 1. The van der Waals surface area contributed by atoms with E-state index in [9.17, 15) is 5.11 Å². The zero-order chi connectivity index (χ0) is 13.2. The molecule has 3 heteroatoms. The highest BCUT2D eigenvalue weighted by atomic mass is 35.5. The maximum atomic E-state index is 9.87. The number of phenols is 1. The lowest BCUT2D eigenvalue weighted by Gasteiger charge is -2.58. The van der Waals surface area contributed by atoms with Gasteiger partial charge in [-0.3, -0.25) is 0 Å². The summed E-state index contributed by atoms with van der Waals surface area (Å²) in [4.78, 5) is 2.60. The fraction of sp³-hybridized carbons (Fsp3) is 0.647. The van der Waals surface area contributed by atoms with E-state index < -0.39 is 0 Å². The van der Waals surface area contributed by atoms with Gasteiger partial charge in [-0.25, -0.2) is 0 Å². The van der Waals surface area contributed by atoms with Crippen LogP contribution < -0.4 is 0 Å². The minimum absolute atomic E-state index is 0. The van der Waals surface area contributed by atoms with E-state index in [4.69, 9.17) is 0 Å². The van der Waals surface area contributed by atoms with Gasteiger partial charge in [-0.1, -0.05) is 13.0 Å². The molecule has 0 amide bonds. The maximum absolute atomic E-state index is 9.87. The normalized spacial score (nSPS) is 38.8. The van der Waals surface area contributed by atoms with Crippen LogP contribution in [0.15, 0.2) is 18.2 Å². The summed E-state index contributed by atoms with van der Waals surface area (Å²) >= 11 is 0. The molecule has 1 N–H and O–H groups in total. The lowest BCUT2D eigenvalue weighted by Crippen LogP contribution is -2.59. The molecule has 2 aliphatic carbocycles. The van der Waals surface area contributed by atoms with Crippen LogP contribution in [0.25, 0.3) is 0 Å². The molecule has 20 heavy (non-hydrogen) atoms. The molecule has 2 nitrogen and oxygen atoms in total. The van der Waals surface area contributed by atoms with Crippen molar-refractivity contribution in [2.24, 2.45) is 11.8 Å². The van der Waals surface area contributed by atoms with E-state index in [-0.39, 0.29) is 17.8 Å². The fourth-order valence-electron chi connectivity index (χ4n) is 5.16. The predicted octanol–water partition coefficient (Wildman–Crippen LogP) is 3.36. The second-order valence-electron chi connectivity index (χ2n) is 7.22. The van der Waals surface area contributed by atoms with Crippen LogP contribution in [-0.2, 0) is 11.8 Å². The highest BCUT2D eigenvalue weighted by molar-refractivity contribution is 5.85. The molecule has 3 aliphatic rings. The third kappa shape index (κ3) is 1.81. The topological polar surface area (TPSA) is 23.5 Å². The van der Waals surface area contributed by atoms with Gasteiger partial charge in [0.15, 0.2) is 0 Å². The average molecular weight is 294 g/mol. The second-order valence-corrected chi connectivity index (χ2v) is 7.22. The third-order valence-corrected chi connectivity index (χ3v) is 6.19. The van der Waals surface area contributed by atoms with E-state index in [1.165, 1.54) is 43.4 Å². The first-order valence-corrected chi connectivity index (χ1v) is 7.60. The fourth-order valence-corrected chi connectivity index (χ4v) is 5.16. The number of piperidine rings is 1. The molecule has 0 aromatic heterocycles. The highest BCUT2D eigenvalue weighted by Crippen LogP contribution is 2.54. The zero-order valence-electron chi connectivity index (χ0n) is 12.3. The number of likely N-dealkylation sites (tertiary alicyclic amines) is 1. The first-order valence-electron chi connectivity index (χ1n) is 7.60. The molecule has 4 atom stereocenters. The maximum Gasteiger partial charge on any atom is 0.115 e. The van der Waals surface area contributed by atoms with E-state index in [0.29, 0.717) is 11.8 Å². The third-order valence-electron chi connectivity index (χ3n) is 6.19. The molecule has 2 bridgehead atoms. The van der Waals surface area contributed by atoms with Crippen LogP contribution in [0.1, 0.15) is 37.3 Å². The summed E-state index contributed by atoms with van der Waals surface area (Å²) in [5.74, 6) is 2.11. The van der Waals surface area contributed by atoms with E-state index >= 15 is 0 Å². The van der Waals surface area contributed by atoms with Crippen LogP contribution in [0.3, 0.4) is 0 Å². The number of phenolic OH excluding ortho intramolecular Hbond substituents is 1. The number of likely N-dealkylation sites (N-methyl/N-ethyl adjacent to an activating group) is 1. The van der Waals surface area contributed by atoms with Crippen molar-refractivity contribution in [3.05, 3.63) is 29.3 Å². The summed E-state index contributed by atoms with van der Waals surface area (Å²) in [6, 6.07) is 6.76. The number of fused-ring (bicyclic) bond motifs is 3. The Morgan fingerprint density at radius 3 is 2.95 bits per heavy atom. The summed E-state index contributed by atoms with van der Waals surface area (Å²) in [5.41, 5.74) is 3.18. The van der Waals surface area contributed by atoms with Gasteiger partial charge in [0.25, 0.3) is 0 Å². The van der Waals surface area contributed by atoms with Crippen LogP contribution in [0.4, 0.5) is 0 Å². The number of halogens is 1. The van der Waals surface area contributed by atoms with Crippen molar-refractivity contribution >= 4 is 12.4 Å². The van der Waals surface area contributed by atoms with E-state index in [2.05, 4.69) is 24.9 Å². The lowest BCUT2D eigenvalue weighted by atomic mass is 9.53. The van der Waals surface area contributed by atoms with E-state index in [0.717, 1.165) is 11.8 Å². The molecule has 4 unspecified atom stereocenters. The van der Waals surface area contributed by atoms with Gasteiger partial charge >= 0.3 is 0 Å². The molecule has 4 rings (SSSR count). The van der Waals surface area contributed by atoms with Gasteiger partial charge in [-0.05, 0) is 73.2 Å². The lowest BCUT2D eigenvalue weighted by molar-refractivity contribution is -0.0142. The first kappa shape index (κ1) is 14.2. The first-order chi connectivity index (χ1) is 9.08. The van der Waals surface area contributed by atoms with Gasteiger partial charge < -0.3 is 10.0 Å². The molecule has 1 aromatic rings. The van der Waals surface area contributed by atoms with Crippen LogP contribution >= 0.6 is 12.4 Å². The molecule has 1 saturated heterocycles. The van der Waals surface area contributed by atoms with Gasteiger partial charge in [0.05, 0.1) is 0 Å². The van der Waals surface area contributed by atoms with Crippen molar-refractivity contribution in [2.45, 2.75) is 44.1 Å². The van der Waals surface area contributed by atoms with Crippen LogP contribution in [0.5, 0.6) is 5.75 Å². The van der Waals surface area contributed by atoms with Crippen molar-refractivity contribution in [2.75, 3.05) is 13.6 Å². The minimum atomic E-state index is 0. The average Bonchev–Trinajstić information content (AvgIpc) is 2.39. The molecule has 0 radical (unpaired) electrons. The van der Waals surface area contributed by atoms with Gasteiger partial charge in [-0.15, -0.1) is 12.4 Å². The van der Waals surface area contributed by atoms with Crippen LogP contribution in [0.2, 0.25) is 0 Å². The quantitative estimate of drug-likeness (QED) is 0.793. The zero-order valence-corrected chi connectivity index (χ0v) is 13.1. The Kier molecular flexibility index (Phi) is 3.30. The van der Waals surface area contributed by atoms with Gasteiger partial charge in [0, 0.05) is 12.6 Å². The molecule has 2 fully saturated rings. The van der Waals surface area contributed by atoms with Crippen molar-refractivity contribution in [1.29, 1.82) is 0 Å². The Morgan fingerprint density at radius 2 is 2.15 bits per heavy atom. The standard InChI is InChI=1S/C17H23NO.ClH/c1-17-6-5-11-7-15(17)16(18(2)10-11)8-12-3-4-13(19)9-14(12)17;/h3-4,9,11,15-16,19H,5-8,10H2,1-2H3;1H. The molecular formula is C17H24ClNO. The number of aromatic hydroxyl groups is 1. The number of benzene rings is 1. The Labute approximate surface area is 127 Å². The monoisotopic (exact) mass is 293 g/mol. The van der Waals surface area contributed by atoms with Crippen molar-refractivity contribution in [3.63, 3.8) is 0 Å². The summed E-state index contributed by atoms with van der Waals surface area (Å²) in [6.45, 7) is 3.72. The molecule has 1 heterocycles. The van der Waals surface area contributed by atoms with Crippen LogP contribution in [-0.4, -0.2) is 29.6 Å². The number of rotatable bonds is 0. The number of nitrogens with zero attached hydrogens (tertiary/aromatic N) is 1. The predicted molar refractivity (Wildman–Crippen MR) is 83.7 cm³/mol. The van der Waals surface area contributed by atoms with Gasteiger partial charge in [-0.2, -0.15) is 0 Å². The molecule has 1 saturated carbocycles. The molecule has 1 aromatic carbocycles. The molecular weight excluding hydrogens is 270 g/mol. The summed E-state index contributed by atoms with van der Waals surface area (Å²) in [5, 5.41) is 9.87.